The van der Waals surface area contributed by atoms with Crippen LogP contribution in [0, 0.1) is 11.7 Å². The molecule has 1 rings (SSSR count). The highest BCUT2D eigenvalue weighted by molar-refractivity contribution is 9.09. The Hall–Kier alpha value is -0.780. The molecule has 0 heterocycles. The fraction of sp³-hybridized carbons (Fsp3) is 0.500. The Labute approximate surface area is 111 Å². The molecule has 1 aromatic rings. The summed E-state index contributed by atoms with van der Waals surface area (Å²) >= 11 is 3.29. The molecule has 0 amide bonds. The Morgan fingerprint density at radius 1 is 1.33 bits per heavy atom. The van der Waals surface area contributed by atoms with E-state index in [0.717, 1.165) is 12.5 Å². The standard InChI is InChI=1S/C12H13BrF4O/c1-2-8(6-13)7-18-9-3-4-11(14)10(5-9)12(15,16)17/h3-5,8H,2,6-7H2,1H3. The highest BCUT2D eigenvalue weighted by Crippen LogP contribution is 2.33. The molecular formula is C12H13BrF4O. The molecule has 0 aliphatic rings. The first-order chi connectivity index (χ1) is 8.38. The number of halogens is 5. The first-order valence-corrected chi connectivity index (χ1v) is 6.56. The minimum atomic E-state index is -4.71. The maximum atomic E-state index is 13.0. The van der Waals surface area contributed by atoms with Crippen molar-refractivity contribution in [3.8, 4) is 5.75 Å². The molecule has 0 aliphatic carbocycles. The Kier molecular flexibility index (Phi) is 5.44. The molecule has 0 saturated carbocycles. The summed E-state index contributed by atoms with van der Waals surface area (Å²) in [7, 11) is 0. The summed E-state index contributed by atoms with van der Waals surface area (Å²) in [5.41, 5.74) is -1.30. The van der Waals surface area contributed by atoms with Gasteiger partial charge < -0.3 is 4.74 Å². The molecular weight excluding hydrogens is 316 g/mol. The van der Waals surface area contributed by atoms with Crippen molar-refractivity contribution in [1.82, 2.24) is 0 Å². The van der Waals surface area contributed by atoms with Crippen molar-refractivity contribution in [1.29, 1.82) is 0 Å². The van der Waals surface area contributed by atoms with Crippen LogP contribution in [0.15, 0.2) is 18.2 Å². The van der Waals surface area contributed by atoms with E-state index in [1.54, 1.807) is 0 Å². The van der Waals surface area contributed by atoms with Gasteiger partial charge in [-0.25, -0.2) is 4.39 Å². The van der Waals surface area contributed by atoms with Gasteiger partial charge in [0.2, 0.25) is 0 Å². The van der Waals surface area contributed by atoms with Gasteiger partial charge in [0.25, 0.3) is 0 Å². The van der Waals surface area contributed by atoms with Crippen LogP contribution in [-0.4, -0.2) is 11.9 Å². The third kappa shape index (κ3) is 4.15. The molecule has 0 aliphatic heterocycles. The van der Waals surface area contributed by atoms with Gasteiger partial charge in [-0.2, -0.15) is 13.2 Å². The minimum Gasteiger partial charge on any atom is -0.493 e. The lowest BCUT2D eigenvalue weighted by Gasteiger charge is -2.14. The largest absolute Gasteiger partial charge is 0.493 e. The summed E-state index contributed by atoms with van der Waals surface area (Å²) in [5, 5.41) is 0.705. The summed E-state index contributed by atoms with van der Waals surface area (Å²) in [6.07, 6.45) is -3.86. The van der Waals surface area contributed by atoms with Crippen LogP contribution in [0.4, 0.5) is 17.6 Å². The molecule has 102 valence electrons. The maximum Gasteiger partial charge on any atom is 0.419 e. The fourth-order valence-electron chi connectivity index (χ4n) is 1.30. The van der Waals surface area contributed by atoms with E-state index < -0.39 is 17.6 Å². The fourth-order valence-corrected chi connectivity index (χ4v) is 1.94. The first kappa shape index (κ1) is 15.3. The van der Waals surface area contributed by atoms with E-state index in [1.165, 1.54) is 6.07 Å². The SMILES string of the molecule is CCC(CBr)COc1ccc(F)c(C(F)(F)F)c1. The van der Waals surface area contributed by atoms with Gasteiger partial charge in [-0.15, -0.1) is 0 Å². The quantitative estimate of drug-likeness (QED) is 0.565. The molecule has 0 bridgehead atoms. The second-order valence-corrected chi connectivity index (χ2v) is 4.53. The predicted molar refractivity (Wildman–Crippen MR) is 64.5 cm³/mol. The smallest absolute Gasteiger partial charge is 0.419 e. The van der Waals surface area contributed by atoms with Gasteiger partial charge >= 0.3 is 6.18 Å². The highest BCUT2D eigenvalue weighted by Gasteiger charge is 2.34. The topological polar surface area (TPSA) is 9.23 Å². The molecule has 0 saturated heterocycles. The molecule has 18 heavy (non-hydrogen) atoms. The molecule has 1 unspecified atom stereocenters. The summed E-state index contributed by atoms with van der Waals surface area (Å²) in [6, 6.07) is 2.66. The van der Waals surface area contributed by atoms with Crippen LogP contribution < -0.4 is 4.74 Å². The monoisotopic (exact) mass is 328 g/mol. The number of ether oxygens (including phenoxy) is 1. The van der Waals surface area contributed by atoms with Crippen molar-refractivity contribution in [3.63, 3.8) is 0 Å². The van der Waals surface area contributed by atoms with E-state index in [2.05, 4.69) is 15.9 Å². The molecule has 1 atom stereocenters. The minimum absolute atomic E-state index is 0.0307. The van der Waals surface area contributed by atoms with Crippen LogP contribution in [0.3, 0.4) is 0 Å². The van der Waals surface area contributed by atoms with E-state index >= 15 is 0 Å². The van der Waals surface area contributed by atoms with E-state index in [0.29, 0.717) is 18.0 Å². The van der Waals surface area contributed by atoms with Crippen LogP contribution >= 0.6 is 15.9 Å². The number of benzene rings is 1. The second kappa shape index (κ2) is 6.41. The Morgan fingerprint density at radius 3 is 2.50 bits per heavy atom. The second-order valence-electron chi connectivity index (χ2n) is 3.88. The summed E-state index contributed by atoms with van der Waals surface area (Å²) < 4.78 is 55.6. The lowest BCUT2D eigenvalue weighted by molar-refractivity contribution is -0.140. The van der Waals surface area contributed by atoms with Crippen molar-refractivity contribution in [3.05, 3.63) is 29.6 Å². The molecule has 0 spiro atoms. The number of rotatable bonds is 5. The normalized spacial score (nSPS) is 13.4. The first-order valence-electron chi connectivity index (χ1n) is 5.44. The molecule has 1 aromatic carbocycles. The Bertz CT molecular complexity index is 388. The van der Waals surface area contributed by atoms with Crippen LogP contribution in [0.5, 0.6) is 5.75 Å². The Balaban J connectivity index is 2.80. The highest BCUT2D eigenvalue weighted by atomic mass is 79.9. The molecule has 0 fully saturated rings. The maximum absolute atomic E-state index is 13.0. The van der Waals surface area contributed by atoms with Gasteiger partial charge in [0.15, 0.2) is 0 Å². The molecule has 6 heteroatoms. The van der Waals surface area contributed by atoms with Gasteiger partial charge in [-0.1, -0.05) is 22.9 Å². The lowest BCUT2D eigenvalue weighted by Crippen LogP contribution is -2.13. The van der Waals surface area contributed by atoms with E-state index in [9.17, 15) is 17.6 Å². The van der Waals surface area contributed by atoms with Crippen molar-refractivity contribution in [2.24, 2.45) is 5.92 Å². The number of alkyl halides is 4. The zero-order valence-electron chi connectivity index (χ0n) is 9.73. The Morgan fingerprint density at radius 2 is 2.00 bits per heavy atom. The zero-order chi connectivity index (χ0) is 13.8. The van der Waals surface area contributed by atoms with Gasteiger partial charge in [0.05, 0.1) is 12.2 Å². The van der Waals surface area contributed by atoms with Gasteiger partial charge in [0.1, 0.15) is 11.6 Å². The van der Waals surface area contributed by atoms with Crippen molar-refractivity contribution >= 4 is 15.9 Å². The molecule has 0 N–H and O–H groups in total. The number of hydrogen-bond acceptors (Lipinski definition) is 1. The summed E-state index contributed by atoms with van der Waals surface area (Å²) in [5.74, 6) is -1.05. The molecule has 0 aromatic heterocycles. The van der Waals surface area contributed by atoms with Crippen molar-refractivity contribution in [2.75, 3.05) is 11.9 Å². The van der Waals surface area contributed by atoms with Gasteiger partial charge in [-0.3, -0.25) is 0 Å². The molecule has 0 radical (unpaired) electrons. The van der Waals surface area contributed by atoms with Gasteiger partial charge in [-0.05, 0) is 24.6 Å². The van der Waals surface area contributed by atoms with E-state index in [1.807, 2.05) is 6.92 Å². The van der Waals surface area contributed by atoms with E-state index in [4.69, 9.17) is 4.74 Å². The third-order valence-corrected chi connectivity index (χ3v) is 3.44. The summed E-state index contributed by atoms with van der Waals surface area (Å²) in [6.45, 7) is 2.26. The predicted octanol–water partition coefficient (Wildman–Crippen LogP) is 4.64. The molecule has 1 nitrogen and oxygen atoms in total. The van der Waals surface area contributed by atoms with Crippen LogP contribution in [0.2, 0.25) is 0 Å². The van der Waals surface area contributed by atoms with Crippen LogP contribution in [0.1, 0.15) is 18.9 Å². The van der Waals surface area contributed by atoms with E-state index in [-0.39, 0.29) is 11.7 Å². The zero-order valence-corrected chi connectivity index (χ0v) is 11.3. The van der Waals surface area contributed by atoms with Crippen molar-refractivity contribution in [2.45, 2.75) is 19.5 Å². The average molecular weight is 329 g/mol. The average Bonchev–Trinajstić information content (AvgIpc) is 2.31. The third-order valence-electron chi connectivity index (χ3n) is 2.52. The van der Waals surface area contributed by atoms with Crippen molar-refractivity contribution < 1.29 is 22.3 Å². The van der Waals surface area contributed by atoms with Crippen LogP contribution in [-0.2, 0) is 6.18 Å². The van der Waals surface area contributed by atoms with Gasteiger partial charge in [0, 0.05) is 11.2 Å². The summed E-state index contributed by atoms with van der Waals surface area (Å²) in [4.78, 5) is 0. The van der Waals surface area contributed by atoms with Crippen LogP contribution in [0.25, 0.3) is 0 Å². The number of hydrogen-bond donors (Lipinski definition) is 0. The lowest BCUT2D eigenvalue weighted by atomic mass is 10.1.